The van der Waals surface area contributed by atoms with Crippen molar-refractivity contribution in [2.24, 2.45) is 0 Å². The largest absolute Gasteiger partial charge is 0.388 e. The quantitative estimate of drug-likeness (QED) is 0.497. The van der Waals surface area contributed by atoms with Gasteiger partial charge in [-0.3, -0.25) is 0 Å². The van der Waals surface area contributed by atoms with Gasteiger partial charge in [-0.05, 0) is 56.0 Å². The molecule has 1 aliphatic rings. The van der Waals surface area contributed by atoms with Gasteiger partial charge in [-0.2, -0.15) is 5.26 Å². The van der Waals surface area contributed by atoms with Gasteiger partial charge in [-0.1, -0.05) is 12.1 Å². The van der Waals surface area contributed by atoms with Gasteiger partial charge in [0, 0.05) is 40.4 Å². The Labute approximate surface area is 179 Å². The molecule has 1 aliphatic heterocycles. The summed E-state index contributed by atoms with van der Waals surface area (Å²) in [5.74, 6) is 0. The summed E-state index contributed by atoms with van der Waals surface area (Å²) in [4.78, 5) is 11.7. The number of aromatic nitrogens is 2. The Kier molecular flexibility index (Phi) is 4.46. The normalized spacial score (nSPS) is 19.3. The lowest BCUT2D eigenvalue weighted by Crippen LogP contribution is -2.46. The fourth-order valence-electron chi connectivity index (χ4n) is 4.44. The Morgan fingerprint density at radius 1 is 1.27 bits per heavy atom. The van der Waals surface area contributed by atoms with E-state index in [4.69, 9.17) is 0 Å². The number of piperidine rings is 1. The van der Waals surface area contributed by atoms with Gasteiger partial charge >= 0.3 is 0 Å². The second-order valence-corrected chi connectivity index (χ2v) is 9.45. The van der Waals surface area contributed by atoms with Crippen molar-refractivity contribution in [1.29, 1.82) is 5.26 Å². The van der Waals surface area contributed by atoms with Gasteiger partial charge in [0.25, 0.3) is 0 Å². The molecule has 0 spiro atoms. The van der Waals surface area contributed by atoms with Crippen LogP contribution >= 0.6 is 11.3 Å². The molecule has 0 bridgehead atoms. The molecule has 6 heteroatoms. The van der Waals surface area contributed by atoms with Crippen molar-refractivity contribution in [2.45, 2.75) is 32.3 Å². The summed E-state index contributed by atoms with van der Waals surface area (Å²) < 4.78 is 1.10. The zero-order valence-corrected chi connectivity index (χ0v) is 17.8. The molecule has 4 aromatic rings. The Hall–Kier alpha value is -3.01. The summed E-state index contributed by atoms with van der Waals surface area (Å²) in [6, 6.07) is 12.8. The number of hydrogen-bond donors (Lipinski definition) is 1. The van der Waals surface area contributed by atoms with Crippen LogP contribution in [-0.2, 0) is 0 Å². The number of hydrogen-bond acceptors (Lipinski definition) is 6. The molecule has 0 saturated carbocycles. The predicted octanol–water partition coefficient (Wildman–Crippen LogP) is 5.04. The van der Waals surface area contributed by atoms with E-state index in [1.807, 2.05) is 25.1 Å². The molecule has 0 unspecified atom stereocenters. The molecular formula is C24H22N4OS. The summed E-state index contributed by atoms with van der Waals surface area (Å²) in [5, 5.41) is 22.7. The highest BCUT2D eigenvalue weighted by atomic mass is 32.1. The number of rotatable bonds is 2. The van der Waals surface area contributed by atoms with Gasteiger partial charge in [0.2, 0.25) is 0 Å². The van der Waals surface area contributed by atoms with Crippen molar-refractivity contribution in [2.75, 3.05) is 18.0 Å². The summed E-state index contributed by atoms with van der Waals surface area (Å²) in [5.41, 5.74) is 4.06. The van der Waals surface area contributed by atoms with Crippen LogP contribution in [0.3, 0.4) is 0 Å². The fourth-order valence-corrected chi connectivity index (χ4v) is 5.71. The topological polar surface area (TPSA) is 73.0 Å². The molecular weight excluding hydrogens is 392 g/mol. The molecule has 0 amide bonds. The Balaban J connectivity index is 1.72. The molecule has 30 heavy (non-hydrogen) atoms. The number of aliphatic hydroxyl groups is 1. The lowest BCUT2D eigenvalue weighted by Gasteiger charge is -2.38. The zero-order chi connectivity index (χ0) is 20.9. The maximum Gasteiger partial charge on any atom is 0.116 e. The van der Waals surface area contributed by atoms with Crippen LogP contribution < -0.4 is 4.90 Å². The molecule has 0 aliphatic carbocycles. The van der Waals surface area contributed by atoms with E-state index in [1.54, 1.807) is 23.9 Å². The number of anilines is 1. The molecule has 2 aromatic heterocycles. The molecule has 5 nitrogen and oxygen atoms in total. The maximum absolute atomic E-state index is 10.6. The number of aryl methyl sites for hydroxylation is 1. The van der Waals surface area contributed by atoms with Crippen molar-refractivity contribution in [1.82, 2.24) is 9.97 Å². The molecule has 3 heterocycles. The first-order chi connectivity index (χ1) is 14.4. The van der Waals surface area contributed by atoms with Crippen LogP contribution in [0.5, 0.6) is 0 Å². The van der Waals surface area contributed by atoms with Gasteiger partial charge in [-0.25, -0.2) is 9.97 Å². The molecule has 5 rings (SSSR count). The number of nitrogens with zero attached hydrogens (tertiary/aromatic N) is 4. The van der Waals surface area contributed by atoms with E-state index in [9.17, 15) is 10.4 Å². The van der Waals surface area contributed by atoms with Crippen molar-refractivity contribution in [3.8, 4) is 16.5 Å². The number of thiophene rings is 1. The van der Waals surface area contributed by atoms with Crippen molar-refractivity contribution in [3.05, 3.63) is 54.0 Å². The second kappa shape index (κ2) is 7.05. The monoisotopic (exact) mass is 414 g/mol. The summed E-state index contributed by atoms with van der Waals surface area (Å²) in [6.45, 7) is 5.45. The first kappa shape index (κ1) is 19.0. The van der Waals surface area contributed by atoms with Crippen LogP contribution in [0, 0.1) is 18.3 Å². The van der Waals surface area contributed by atoms with Gasteiger partial charge in [0.15, 0.2) is 0 Å². The van der Waals surface area contributed by atoms with Gasteiger partial charge in [0.05, 0.1) is 21.6 Å². The maximum atomic E-state index is 10.6. The first-order valence-corrected chi connectivity index (χ1v) is 10.9. The van der Waals surface area contributed by atoms with Crippen LogP contribution in [0.25, 0.3) is 31.4 Å². The fraction of sp³-hybridized carbons (Fsp3) is 0.292. The molecule has 2 aromatic carbocycles. The summed E-state index contributed by atoms with van der Waals surface area (Å²) in [6.07, 6.45) is 5.08. The summed E-state index contributed by atoms with van der Waals surface area (Å²) in [7, 11) is 0. The van der Waals surface area contributed by atoms with Crippen LogP contribution in [0.2, 0.25) is 0 Å². The highest BCUT2D eigenvalue weighted by Crippen LogP contribution is 2.44. The average molecular weight is 415 g/mol. The van der Waals surface area contributed by atoms with E-state index < -0.39 is 5.60 Å². The lowest BCUT2D eigenvalue weighted by atomic mass is 9.93. The Morgan fingerprint density at radius 3 is 2.93 bits per heavy atom. The van der Waals surface area contributed by atoms with Gasteiger partial charge < -0.3 is 10.0 Å². The van der Waals surface area contributed by atoms with Crippen molar-refractivity contribution >= 4 is 38.0 Å². The molecule has 0 radical (unpaired) electrons. The molecule has 1 N–H and O–H groups in total. The second-order valence-electron chi connectivity index (χ2n) is 8.39. The molecule has 1 atom stereocenters. The third kappa shape index (κ3) is 3.20. The van der Waals surface area contributed by atoms with E-state index in [1.165, 1.54) is 0 Å². The van der Waals surface area contributed by atoms with Gasteiger partial charge in [0.1, 0.15) is 12.4 Å². The third-order valence-electron chi connectivity index (χ3n) is 5.81. The first-order valence-electron chi connectivity index (χ1n) is 10.1. The minimum Gasteiger partial charge on any atom is -0.388 e. The Bertz CT molecular complexity index is 1320. The Morgan fingerprint density at radius 2 is 2.13 bits per heavy atom. The number of fused-ring (bicyclic) bond motifs is 2. The standard InChI is InChI=1S/C24H22N4OS/c1-15-8-20(28-7-3-6-24(2,29)13-28)22-18(11-25)23(30-21(22)9-15)16-4-5-17-12-26-14-27-19(17)10-16/h4-5,8-10,12,14,29H,3,6-7,13H2,1-2H3/t24-/m1/s1. The van der Waals surface area contributed by atoms with Crippen LogP contribution in [0.1, 0.15) is 30.9 Å². The van der Waals surface area contributed by atoms with E-state index in [2.05, 4.69) is 40.0 Å². The van der Waals surface area contributed by atoms with Crippen LogP contribution in [0.4, 0.5) is 5.69 Å². The van der Waals surface area contributed by atoms with E-state index in [0.717, 1.165) is 62.1 Å². The summed E-state index contributed by atoms with van der Waals surface area (Å²) >= 11 is 1.65. The third-order valence-corrected chi connectivity index (χ3v) is 7.00. The molecule has 1 saturated heterocycles. The number of benzene rings is 2. The molecule has 150 valence electrons. The van der Waals surface area contributed by atoms with E-state index in [-0.39, 0.29) is 0 Å². The van der Waals surface area contributed by atoms with Crippen LogP contribution in [0.15, 0.2) is 42.9 Å². The zero-order valence-electron chi connectivity index (χ0n) is 17.0. The minimum absolute atomic E-state index is 0.578. The predicted molar refractivity (Wildman–Crippen MR) is 122 cm³/mol. The van der Waals surface area contributed by atoms with Gasteiger partial charge in [-0.15, -0.1) is 11.3 Å². The average Bonchev–Trinajstić information content (AvgIpc) is 3.10. The SMILES string of the molecule is Cc1cc(N2CCC[C@@](C)(O)C2)c2c(C#N)c(-c3ccc4cncnc4c3)sc2c1. The molecule has 1 fully saturated rings. The van der Waals surface area contributed by atoms with E-state index >= 15 is 0 Å². The van der Waals surface area contributed by atoms with Crippen LogP contribution in [-0.4, -0.2) is 33.8 Å². The lowest BCUT2D eigenvalue weighted by molar-refractivity contribution is 0.0450. The van der Waals surface area contributed by atoms with E-state index in [0.29, 0.717) is 12.1 Å². The van der Waals surface area contributed by atoms with Crippen molar-refractivity contribution in [3.63, 3.8) is 0 Å². The smallest absolute Gasteiger partial charge is 0.116 e. The number of β-amino-alcohol motifs (C(OH)–C–C–N with tert-alkyl or cyclic N) is 1. The highest BCUT2D eigenvalue weighted by molar-refractivity contribution is 7.22. The number of nitriles is 1. The van der Waals surface area contributed by atoms with Crippen molar-refractivity contribution < 1.29 is 5.11 Å². The minimum atomic E-state index is -0.710. The highest BCUT2D eigenvalue weighted by Gasteiger charge is 2.30.